The summed E-state index contributed by atoms with van der Waals surface area (Å²) in [4.78, 5) is 5.30. The van der Waals surface area contributed by atoms with E-state index in [0.717, 1.165) is 5.70 Å². The molecule has 0 aromatic rings. The van der Waals surface area contributed by atoms with E-state index in [0.29, 0.717) is 6.61 Å². The van der Waals surface area contributed by atoms with Gasteiger partial charge in [-0.15, -0.1) is 0 Å². The van der Waals surface area contributed by atoms with Crippen LogP contribution >= 0.6 is 0 Å². The van der Waals surface area contributed by atoms with Crippen molar-refractivity contribution in [3.8, 4) is 0 Å². The Bertz CT molecular complexity index is 194. The van der Waals surface area contributed by atoms with Crippen LogP contribution in [0.15, 0.2) is 24.4 Å². The van der Waals surface area contributed by atoms with Gasteiger partial charge in [0, 0.05) is 18.2 Å². The summed E-state index contributed by atoms with van der Waals surface area (Å²) in [6.45, 7) is 8.84. The Balaban J connectivity index is 2.85. The van der Waals surface area contributed by atoms with Crippen molar-refractivity contribution in [2.45, 2.75) is 13.8 Å². The summed E-state index contributed by atoms with van der Waals surface area (Å²) in [6, 6.07) is 0. The third-order valence-electron chi connectivity index (χ3n) is 2.02. The highest BCUT2D eigenvalue weighted by molar-refractivity contribution is 5.15. The Labute approximate surface area is 68.1 Å². The van der Waals surface area contributed by atoms with E-state index in [9.17, 15) is 0 Å². The Morgan fingerprint density at radius 1 is 1.64 bits per heavy atom. The molecule has 0 atom stereocenters. The molecule has 1 rings (SSSR count). The molecule has 0 radical (unpaired) electrons. The molecule has 0 aliphatic carbocycles. The molecular formula is C9H15NO. The third-order valence-corrected chi connectivity index (χ3v) is 2.02. The van der Waals surface area contributed by atoms with Gasteiger partial charge in [0.2, 0.25) is 0 Å². The molecule has 0 aromatic carbocycles. The topological polar surface area (TPSA) is 12.5 Å². The molecule has 0 amide bonds. The van der Waals surface area contributed by atoms with Crippen LogP contribution in [0.5, 0.6) is 0 Å². The van der Waals surface area contributed by atoms with E-state index in [2.05, 4.69) is 26.5 Å². The van der Waals surface area contributed by atoms with Gasteiger partial charge in [-0.25, -0.2) is 0 Å². The van der Waals surface area contributed by atoms with Crippen molar-refractivity contribution < 1.29 is 4.84 Å². The monoisotopic (exact) mass is 153 g/mol. The molecule has 62 valence electrons. The zero-order chi connectivity index (χ0) is 8.48. The van der Waals surface area contributed by atoms with Crippen molar-refractivity contribution >= 4 is 0 Å². The fraction of sp³-hybridized carbons (Fsp3) is 0.556. The molecule has 0 bridgehead atoms. The van der Waals surface area contributed by atoms with Gasteiger partial charge in [0.05, 0.1) is 6.61 Å². The largest absolute Gasteiger partial charge is 0.270 e. The predicted octanol–water partition coefficient (Wildman–Crippen LogP) is 1.96. The number of hydroxylamine groups is 2. The molecule has 1 heterocycles. The molecule has 0 aromatic heterocycles. The van der Waals surface area contributed by atoms with Gasteiger partial charge >= 0.3 is 0 Å². The Morgan fingerprint density at radius 3 is 2.91 bits per heavy atom. The standard InChI is InChI=1S/C9H15NO/c1-8-9(2,3)6-5-7-11-10(8)4/h5-6H,1,7H2,2-4H3. The van der Waals surface area contributed by atoms with Gasteiger partial charge in [-0.1, -0.05) is 32.6 Å². The second-order valence-electron chi connectivity index (χ2n) is 3.36. The minimum atomic E-state index is 0.0191. The normalized spacial score (nSPS) is 23.5. The molecular weight excluding hydrogens is 138 g/mol. The maximum Gasteiger partial charge on any atom is 0.0930 e. The zero-order valence-corrected chi connectivity index (χ0v) is 7.42. The predicted molar refractivity (Wildman–Crippen MR) is 45.8 cm³/mol. The van der Waals surface area contributed by atoms with Crippen molar-refractivity contribution in [3.05, 3.63) is 24.4 Å². The summed E-state index contributed by atoms with van der Waals surface area (Å²) >= 11 is 0. The van der Waals surface area contributed by atoms with Crippen LogP contribution in [0.2, 0.25) is 0 Å². The van der Waals surface area contributed by atoms with E-state index in [-0.39, 0.29) is 5.41 Å². The molecule has 0 spiro atoms. The van der Waals surface area contributed by atoms with E-state index < -0.39 is 0 Å². The average molecular weight is 153 g/mol. The SMILES string of the molecule is C=C1N(C)OCC=CC1(C)C. The Hall–Kier alpha value is -0.760. The maximum absolute atomic E-state index is 5.30. The van der Waals surface area contributed by atoms with Crippen LogP contribution in [0.1, 0.15) is 13.8 Å². The zero-order valence-electron chi connectivity index (χ0n) is 7.42. The number of hydrogen-bond acceptors (Lipinski definition) is 2. The van der Waals surface area contributed by atoms with Crippen molar-refractivity contribution in [2.75, 3.05) is 13.7 Å². The smallest absolute Gasteiger partial charge is 0.0930 e. The van der Waals surface area contributed by atoms with Crippen LogP contribution in [-0.4, -0.2) is 18.7 Å². The van der Waals surface area contributed by atoms with Crippen LogP contribution in [0.3, 0.4) is 0 Å². The van der Waals surface area contributed by atoms with Gasteiger partial charge in [0.25, 0.3) is 0 Å². The molecule has 0 saturated heterocycles. The van der Waals surface area contributed by atoms with Crippen molar-refractivity contribution in [3.63, 3.8) is 0 Å². The van der Waals surface area contributed by atoms with Crippen molar-refractivity contribution in [1.29, 1.82) is 0 Å². The molecule has 1 aliphatic rings. The second-order valence-corrected chi connectivity index (χ2v) is 3.36. The van der Waals surface area contributed by atoms with Gasteiger partial charge in [0.15, 0.2) is 0 Å². The third kappa shape index (κ3) is 1.63. The first-order valence-corrected chi connectivity index (χ1v) is 3.78. The van der Waals surface area contributed by atoms with Gasteiger partial charge in [-0.3, -0.25) is 9.90 Å². The highest BCUT2D eigenvalue weighted by Gasteiger charge is 2.23. The highest BCUT2D eigenvalue weighted by atomic mass is 16.7. The number of hydrogen-bond donors (Lipinski definition) is 0. The summed E-state index contributed by atoms with van der Waals surface area (Å²) in [5.41, 5.74) is 1.01. The molecule has 0 saturated carbocycles. The number of rotatable bonds is 0. The van der Waals surface area contributed by atoms with Crippen LogP contribution in [0.25, 0.3) is 0 Å². The van der Waals surface area contributed by atoms with Gasteiger partial charge in [-0.2, -0.15) is 0 Å². The van der Waals surface area contributed by atoms with Crippen LogP contribution in [-0.2, 0) is 4.84 Å². The average Bonchev–Trinajstić information content (AvgIpc) is 2.03. The summed E-state index contributed by atoms with van der Waals surface area (Å²) in [5, 5.41) is 1.74. The van der Waals surface area contributed by atoms with Gasteiger partial charge < -0.3 is 0 Å². The number of nitrogens with zero attached hydrogens (tertiary/aromatic N) is 1. The first-order valence-electron chi connectivity index (χ1n) is 3.78. The van der Waals surface area contributed by atoms with E-state index in [1.807, 2.05) is 13.1 Å². The second kappa shape index (κ2) is 2.70. The lowest BCUT2D eigenvalue weighted by Gasteiger charge is -2.28. The minimum Gasteiger partial charge on any atom is -0.270 e. The van der Waals surface area contributed by atoms with Gasteiger partial charge in [0.1, 0.15) is 0 Å². The van der Waals surface area contributed by atoms with E-state index in [1.54, 1.807) is 5.06 Å². The first kappa shape index (κ1) is 8.34. The summed E-state index contributed by atoms with van der Waals surface area (Å²) in [7, 11) is 1.89. The van der Waals surface area contributed by atoms with E-state index in [1.165, 1.54) is 0 Å². The Kier molecular flexibility index (Phi) is 2.05. The van der Waals surface area contributed by atoms with E-state index in [4.69, 9.17) is 4.84 Å². The number of allylic oxidation sites excluding steroid dienone is 1. The summed E-state index contributed by atoms with van der Waals surface area (Å²) in [6.07, 6.45) is 4.15. The molecule has 0 unspecified atom stereocenters. The first-order chi connectivity index (χ1) is 5.04. The molecule has 0 N–H and O–H groups in total. The fourth-order valence-corrected chi connectivity index (χ4v) is 1.08. The fourth-order valence-electron chi connectivity index (χ4n) is 1.08. The molecule has 1 aliphatic heterocycles. The molecule has 0 fully saturated rings. The van der Waals surface area contributed by atoms with Crippen LogP contribution in [0.4, 0.5) is 0 Å². The van der Waals surface area contributed by atoms with Crippen molar-refractivity contribution in [1.82, 2.24) is 5.06 Å². The molecule has 2 heteroatoms. The summed E-state index contributed by atoms with van der Waals surface area (Å²) < 4.78 is 0. The lowest BCUT2D eigenvalue weighted by molar-refractivity contribution is -0.104. The van der Waals surface area contributed by atoms with Gasteiger partial charge in [-0.05, 0) is 0 Å². The van der Waals surface area contributed by atoms with E-state index >= 15 is 0 Å². The maximum atomic E-state index is 5.30. The lowest BCUT2D eigenvalue weighted by Crippen LogP contribution is -2.24. The van der Waals surface area contributed by atoms with Crippen LogP contribution < -0.4 is 0 Å². The molecule has 11 heavy (non-hydrogen) atoms. The summed E-state index contributed by atoms with van der Waals surface area (Å²) in [5.74, 6) is 0. The van der Waals surface area contributed by atoms with Crippen molar-refractivity contribution in [2.24, 2.45) is 5.41 Å². The highest BCUT2D eigenvalue weighted by Crippen LogP contribution is 2.30. The quantitative estimate of drug-likeness (QED) is 0.493. The lowest BCUT2D eigenvalue weighted by atomic mass is 9.89. The Morgan fingerprint density at radius 2 is 2.27 bits per heavy atom. The molecule has 2 nitrogen and oxygen atoms in total. The van der Waals surface area contributed by atoms with Crippen LogP contribution in [0, 0.1) is 5.41 Å². The minimum absolute atomic E-state index is 0.0191.